The molecular formula is C19H24N2O2S. The van der Waals surface area contributed by atoms with Crippen molar-refractivity contribution >= 4 is 11.3 Å². The molecule has 128 valence electrons. The van der Waals surface area contributed by atoms with Gasteiger partial charge in [0.2, 0.25) is 0 Å². The summed E-state index contributed by atoms with van der Waals surface area (Å²) in [7, 11) is 0. The van der Waals surface area contributed by atoms with Crippen LogP contribution in [0.25, 0.3) is 0 Å². The van der Waals surface area contributed by atoms with Gasteiger partial charge in [0.25, 0.3) is 0 Å². The third-order valence-corrected chi connectivity index (χ3v) is 5.79. The molecule has 2 saturated heterocycles. The fourth-order valence-electron chi connectivity index (χ4n) is 3.83. The van der Waals surface area contributed by atoms with Gasteiger partial charge < -0.3 is 9.47 Å². The lowest BCUT2D eigenvalue weighted by molar-refractivity contribution is -0.159. The molecule has 0 bridgehead atoms. The first-order valence-corrected chi connectivity index (χ1v) is 9.67. The summed E-state index contributed by atoms with van der Waals surface area (Å²) in [5.41, 5.74) is 4.21. The van der Waals surface area contributed by atoms with E-state index in [1.54, 1.807) is 11.3 Å². The number of likely N-dealkylation sites (tertiary alicyclic amines) is 1. The maximum absolute atomic E-state index is 6.37. The van der Waals surface area contributed by atoms with Crippen LogP contribution in [-0.4, -0.2) is 41.3 Å². The fourth-order valence-corrected chi connectivity index (χ4v) is 4.38. The molecule has 4 nitrogen and oxygen atoms in total. The van der Waals surface area contributed by atoms with Crippen LogP contribution in [0.4, 0.5) is 0 Å². The molecule has 2 atom stereocenters. The predicted molar refractivity (Wildman–Crippen MR) is 94.9 cm³/mol. The summed E-state index contributed by atoms with van der Waals surface area (Å²) >= 11 is 1.66. The predicted octanol–water partition coefficient (Wildman–Crippen LogP) is 3.48. The molecule has 4 rings (SSSR count). The second-order valence-electron chi connectivity index (χ2n) is 6.77. The minimum Gasteiger partial charge on any atom is -0.372 e. The Balaban J connectivity index is 1.43. The van der Waals surface area contributed by atoms with Crippen LogP contribution in [-0.2, 0) is 22.6 Å². The topological polar surface area (TPSA) is 34.6 Å². The zero-order valence-corrected chi connectivity index (χ0v) is 14.7. The van der Waals surface area contributed by atoms with E-state index in [1.807, 2.05) is 11.6 Å². The van der Waals surface area contributed by atoms with Gasteiger partial charge in [-0.25, -0.2) is 4.98 Å². The summed E-state index contributed by atoms with van der Waals surface area (Å²) in [6.07, 6.45) is 3.46. The number of piperidine rings is 1. The maximum atomic E-state index is 6.37. The Labute approximate surface area is 147 Å². The van der Waals surface area contributed by atoms with Gasteiger partial charge in [0.15, 0.2) is 0 Å². The second kappa shape index (κ2) is 7.31. The van der Waals surface area contributed by atoms with E-state index in [1.165, 1.54) is 5.56 Å². The van der Waals surface area contributed by atoms with Gasteiger partial charge in [0.05, 0.1) is 29.5 Å². The molecule has 2 aliphatic rings. The zero-order chi connectivity index (χ0) is 16.2. The Hall–Kier alpha value is -1.27. The SMILES string of the molecule is c1ccc(CO[C@H]2CN(Cc3cscn3)CC[C@@]23CCCO3)cc1. The maximum Gasteiger partial charge on any atom is 0.0996 e. The van der Waals surface area contributed by atoms with Gasteiger partial charge in [-0.1, -0.05) is 30.3 Å². The van der Waals surface area contributed by atoms with Gasteiger partial charge >= 0.3 is 0 Å². The number of aromatic nitrogens is 1. The van der Waals surface area contributed by atoms with Crippen LogP contribution in [0.3, 0.4) is 0 Å². The highest BCUT2D eigenvalue weighted by molar-refractivity contribution is 7.07. The average molecular weight is 344 g/mol. The summed E-state index contributed by atoms with van der Waals surface area (Å²) in [4.78, 5) is 6.88. The second-order valence-corrected chi connectivity index (χ2v) is 7.49. The summed E-state index contributed by atoms with van der Waals surface area (Å²) in [6, 6.07) is 10.4. The van der Waals surface area contributed by atoms with E-state index in [0.717, 1.165) is 51.2 Å². The molecule has 2 fully saturated rings. The van der Waals surface area contributed by atoms with Crippen LogP contribution in [0, 0.1) is 0 Å². The van der Waals surface area contributed by atoms with Crippen molar-refractivity contribution in [2.24, 2.45) is 0 Å². The van der Waals surface area contributed by atoms with Crippen molar-refractivity contribution in [2.75, 3.05) is 19.7 Å². The number of rotatable bonds is 5. The molecule has 0 radical (unpaired) electrons. The lowest BCUT2D eigenvalue weighted by Crippen LogP contribution is -2.56. The van der Waals surface area contributed by atoms with Crippen molar-refractivity contribution in [2.45, 2.75) is 44.1 Å². The highest BCUT2D eigenvalue weighted by Gasteiger charge is 2.47. The van der Waals surface area contributed by atoms with Crippen LogP contribution >= 0.6 is 11.3 Å². The number of benzene rings is 1. The van der Waals surface area contributed by atoms with Gasteiger partial charge in [0, 0.05) is 31.6 Å². The van der Waals surface area contributed by atoms with E-state index in [9.17, 15) is 0 Å². The normalized spacial score (nSPS) is 27.8. The molecule has 24 heavy (non-hydrogen) atoms. The van der Waals surface area contributed by atoms with Crippen LogP contribution in [0.2, 0.25) is 0 Å². The Morgan fingerprint density at radius 1 is 1.29 bits per heavy atom. The summed E-state index contributed by atoms with van der Waals surface area (Å²) < 4.78 is 12.6. The molecule has 0 saturated carbocycles. The molecule has 2 aliphatic heterocycles. The van der Waals surface area contributed by atoms with Gasteiger partial charge in [-0.3, -0.25) is 4.90 Å². The van der Waals surface area contributed by atoms with Crippen molar-refractivity contribution in [3.63, 3.8) is 0 Å². The van der Waals surface area contributed by atoms with E-state index >= 15 is 0 Å². The summed E-state index contributed by atoms with van der Waals surface area (Å²) in [5, 5.41) is 2.14. The van der Waals surface area contributed by atoms with Crippen molar-refractivity contribution in [3.05, 3.63) is 52.5 Å². The smallest absolute Gasteiger partial charge is 0.0996 e. The lowest BCUT2D eigenvalue weighted by atomic mass is 9.85. The molecule has 1 aromatic carbocycles. The highest BCUT2D eigenvalue weighted by atomic mass is 32.1. The first-order chi connectivity index (χ1) is 11.8. The number of hydrogen-bond donors (Lipinski definition) is 0. The lowest BCUT2D eigenvalue weighted by Gasteiger charge is -2.44. The largest absolute Gasteiger partial charge is 0.372 e. The van der Waals surface area contributed by atoms with Crippen molar-refractivity contribution in [3.8, 4) is 0 Å². The van der Waals surface area contributed by atoms with E-state index in [0.29, 0.717) is 6.61 Å². The number of ether oxygens (including phenoxy) is 2. The van der Waals surface area contributed by atoms with Crippen LogP contribution in [0.1, 0.15) is 30.5 Å². The van der Waals surface area contributed by atoms with Gasteiger partial charge in [-0.2, -0.15) is 0 Å². The molecule has 2 aromatic rings. The summed E-state index contributed by atoms with van der Waals surface area (Å²) in [5.74, 6) is 0. The van der Waals surface area contributed by atoms with Gasteiger partial charge in [0.1, 0.15) is 0 Å². The number of nitrogens with zero attached hydrogens (tertiary/aromatic N) is 2. The third kappa shape index (κ3) is 3.54. The molecule has 3 heterocycles. The Bertz CT molecular complexity index is 626. The molecule has 5 heteroatoms. The minimum atomic E-state index is -0.0760. The van der Waals surface area contributed by atoms with E-state index < -0.39 is 0 Å². The minimum absolute atomic E-state index is 0.0760. The van der Waals surface area contributed by atoms with Gasteiger partial charge in [-0.15, -0.1) is 11.3 Å². The third-order valence-electron chi connectivity index (χ3n) is 5.16. The van der Waals surface area contributed by atoms with Crippen LogP contribution in [0.15, 0.2) is 41.2 Å². The van der Waals surface area contributed by atoms with Gasteiger partial charge in [-0.05, 0) is 24.8 Å². The van der Waals surface area contributed by atoms with Crippen LogP contribution in [0.5, 0.6) is 0 Å². The van der Waals surface area contributed by atoms with Crippen molar-refractivity contribution < 1.29 is 9.47 Å². The Kier molecular flexibility index (Phi) is 4.94. The van der Waals surface area contributed by atoms with Crippen molar-refractivity contribution in [1.29, 1.82) is 0 Å². The number of thiazole rings is 1. The zero-order valence-electron chi connectivity index (χ0n) is 13.9. The molecule has 1 aromatic heterocycles. The quantitative estimate of drug-likeness (QED) is 0.832. The van der Waals surface area contributed by atoms with Crippen molar-refractivity contribution in [1.82, 2.24) is 9.88 Å². The highest BCUT2D eigenvalue weighted by Crippen LogP contribution is 2.38. The number of hydrogen-bond acceptors (Lipinski definition) is 5. The van der Waals surface area contributed by atoms with E-state index in [2.05, 4.69) is 39.5 Å². The first-order valence-electron chi connectivity index (χ1n) is 8.73. The molecular weight excluding hydrogens is 320 g/mol. The van der Waals surface area contributed by atoms with E-state index in [-0.39, 0.29) is 11.7 Å². The van der Waals surface area contributed by atoms with Crippen LogP contribution < -0.4 is 0 Å². The molecule has 0 amide bonds. The molecule has 1 spiro atoms. The summed E-state index contributed by atoms with van der Waals surface area (Å²) in [6.45, 7) is 4.41. The molecule has 0 aliphatic carbocycles. The monoisotopic (exact) mass is 344 g/mol. The Morgan fingerprint density at radius 3 is 2.96 bits per heavy atom. The molecule has 0 unspecified atom stereocenters. The molecule has 0 N–H and O–H groups in total. The standard InChI is InChI=1S/C19H24N2O2S/c1-2-5-16(6-3-1)13-22-18-12-21(11-17-14-24-15-20-17)9-8-19(18)7-4-10-23-19/h1-3,5-6,14-15,18H,4,7-13H2/t18-,19-/m0/s1. The first kappa shape index (κ1) is 16.2. The Morgan fingerprint density at radius 2 is 2.21 bits per heavy atom. The van der Waals surface area contributed by atoms with E-state index in [4.69, 9.17) is 9.47 Å². The fraction of sp³-hybridized carbons (Fsp3) is 0.526. The average Bonchev–Trinajstić information content (AvgIpc) is 3.29.